The molecule has 1 saturated heterocycles. The van der Waals surface area contributed by atoms with Crippen LogP contribution in [0.5, 0.6) is 5.75 Å². The van der Waals surface area contributed by atoms with Gasteiger partial charge in [0.05, 0.1) is 23.2 Å². The Kier molecular flexibility index (Phi) is 4.91. The molecule has 2 heterocycles. The molecule has 1 aromatic heterocycles. The van der Waals surface area contributed by atoms with E-state index in [-0.39, 0.29) is 5.91 Å². The largest absolute Gasteiger partial charge is 0.496 e. The predicted octanol–water partition coefficient (Wildman–Crippen LogP) is 5.02. The fourth-order valence-electron chi connectivity index (χ4n) is 3.23. The van der Waals surface area contributed by atoms with E-state index in [1.807, 2.05) is 31.2 Å². The zero-order valence-electron chi connectivity index (χ0n) is 15.7. The van der Waals surface area contributed by atoms with Gasteiger partial charge in [0.1, 0.15) is 10.1 Å². The summed E-state index contributed by atoms with van der Waals surface area (Å²) >= 11 is 6.34. The summed E-state index contributed by atoms with van der Waals surface area (Å²) in [6.45, 7) is 4.10. The number of rotatable bonds is 3. The van der Waals surface area contributed by atoms with Crippen molar-refractivity contribution in [1.82, 2.24) is 10.3 Å². The van der Waals surface area contributed by atoms with Crippen molar-refractivity contribution in [3.63, 3.8) is 0 Å². The molecule has 4 rings (SSSR count). The number of fused-ring (bicyclic) bond motifs is 1. The molecule has 0 bridgehead atoms. The number of hydrogen-bond donors (Lipinski definition) is 1. The van der Waals surface area contributed by atoms with E-state index in [1.165, 1.54) is 17.3 Å². The van der Waals surface area contributed by atoms with Crippen LogP contribution in [0.1, 0.15) is 16.7 Å². The van der Waals surface area contributed by atoms with Gasteiger partial charge in [-0.1, -0.05) is 42.2 Å². The second kappa shape index (κ2) is 7.37. The van der Waals surface area contributed by atoms with Gasteiger partial charge in [0.25, 0.3) is 5.91 Å². The summed E-state index contributed by atoms with van der Waals surface area (Å²) in [4.78, 5) is 17.5. The number of benzene rings is 2. The molecule has 1 N–H and O–H groups in total. The topological polar surface area (TPSA) is 51.2 Å². The van der Waals surface area contributed by atoms with Crippen molar-refractivity contribution >= 4 is 51.2 Å². The minimum Gasteiger partial charge on any atom is -0.496 e. The van der Waals surface area contributed by atoms with Crippen molar-refractivity contribution in [2.75, 3.05) is 7.11 Å². The third-order valence-electron chi connectivity index (χ3n) is 4.58. The SMILES string of the molecule is COc1ccc(C=C2SC(=S)NC2=O)cc1-c1nc2cc(C)ccc2cc1C. The monoisotopic (exact) mass is 406 g/mol. The first-order valence-electron chi connectivity index (χ1n) is 8.76. The molecule has 1 aliphatic heterocycles. The molecule has 1 amide bonds. The quantitative estimate of drug-likeness (QED) is 0.489. The third-order valence-corrected chi connectivity index (χ3v) is 5.74. The molecule has 1 fully saturated rings. The van der Waals surface area contributed by atoms with Crippen LogP contribution in [0.4, 0.5) is 0 Å². The molecule has 2 aromatic carbocycles. The highest BCUT2D eigenvalue weighted by Crippen LogP contribution is 2.35. The number of pyridine rings is 1. The number of aryl methyl sites for hydroxylation is 2. The Labute approximate surface area is 173 Å². The average molecular weight is 407 g/mol. The maximum atomic E-state index is 12.0. The van der Waals surface area contributed by atoms with Crippen LogP contribution < -0.4 is 10.1 Å². The minimum atomic E-state index is -0.164. The van der Waals surface area contributed by atoms with E-state index in [9.17, 15) is 4.79 Å². The van der Waals surface area contributed by atoms with E-state index in [0.717, 1.165) is 39.0 Å². The van der Waals surface area contributed by atoms with Crippen LogP contribution in [0.3, 0.4) is 0 Å². The molecule has 6 heteroatoms. The molecular formula is C22H18N2O2S2. The minimum absolute atomic E-state index is 0.164. The lowest BCUT2D eigenvalue weighted by Crippen LogP contribution is -2.17. The Morgan fingerprint density at radius 2 is 1.96 bits per heavy atom. The summed E-state index contributed by atoms with van der Waals surface area (Å²) in [5.41, 5.74) is 5.83. The Balaban J connectivity index is 1.86. The lowest BCUT2D eigenvalue weighted by Gasteiger charge is -2.13. The summed E-state index contributed by atoms with van der Waals surface area (Å²) in [7, 11) is 1.65. The highest BCUT2D eigenvalue weighted by molar-refractivity contribution is 8.26. The molecule has 0 saturated carbocycles. The van der Waals surface area contributed by atoms with E-state index in [2.05, 4.69) is 36.5 Å². The van der Waals surface area contributed by atoms with E-state index in [1.54, 1.807) is 7.11 Å². The summed E-state index contributed by atoms with van der Waals surface area (Å²) in [6.07, 6.45) is 1.84. The van der Waals surface area contributed by atoms with Gasteiger partial charge in [-0.15, -0.1) is 0 Å². The highest BCUT2D eigenvalue weighted by Gasteiger charge is 2.22. The van der Waals surface area contributed by atoms with Crippen molar-refractivity contribution in [3.05, 3.63) is 64.1 Å². The van der Waals surface area contributed by atoms with Gasteiger partial charge in [0.2, 0.25) is 0 Å². The fourth-order valence-corrected chi connectivity index (χ4v) is 4.27. The molecule has 1 aliphatic rings. The summed E-state index contributed by atoms with van der Waals surface area (Å²) in [5, 5.41) is 3.75. The Morgan fingerprint density at radius 3 is 2.68 bits per heavy atom. The van der Waals surface area contributed by atoms with Gasteiger partial charge in [-0.3, -0.25) is 4.79 Å². The van der Waals surface area contributed by atoms with Crippen LogP contribution in [0.2, 0.25) is 0 Å². The third kappa shape index (κ3) is 3.53. The number of thiocarbonyl (C=S) groups is 1. The van der Waals surface area contributed by atoms with E-state index in [4.69, 9.17) is 21.9 Å². The molecular weight excluding hydrogens is 388 g/mol. The van der Waals surface area contributed by atoms with E-state index >= 15 is 0 Å². The number of methoxy groups -OCH3 is 1. The van der Waals surface area contributed by atoms with Gasteiger partial charge in [-0.2, -0.15) is 0 Å². The first kappa shape index (κ1) is 18.7. The van der Waals surface area contributed by atoms with Gasteiger partial charge in [0, 0.05) is 10.9 Å². The first-order chi connectivity index (χ1) is 13.4. The van der Waals surface area contributed by atoms with Crippen LogP contribution >= 0.6 is 24.0 Å². The fraction of sp³-hybridized carbons (Fsp3) is 0.136. The lowest BCUT2D eigenvalue weighted by atomic mass is 10.0. The maximum Gasteiger partial charge on any atom is 0.263 e. The molecule has 28 heavy (non-hydrogen) atoms. The predicted molar refractivity (Wildman–Crippen MR) is 120 cm³/mol. The van der Waals surface area contributed by atoms with Crippen molar-refractivity contribution in [2.24, 2.45) is 0 Å². The number of carbonyl (C=O) groups excluding carboxylic acids is 1. The number of nitrogens with one attached hydrogen (secondary N) is 1. The smallest absolute Gasteiger partial charge is 0.263 e. The number of amides is 1. The Hall–Kier alpha value is -2.70. The molecule has 0 spiro atoms. The second-order valence-electron chi connectivity index (χ2n) is 6.66. The summed E-state index contributed by atoms with van der Waals surface area (Å²) in [5.74, 6) is 0.576. The molecule has 0 atom stereocenters. The number of thioether (sulfide) groups is 1. The average Bonchev–Trinajstić information content (AvgIpc) is 2.98. The van der Waals surface area contributed by atoms with Crippen LogP contribution in [-0.4, -0.2) is 22.3 Å². The van der Waals surface area contributed by atoms with Gasteiger partial charge < -0.3 is 10.1 Å². The van der Waals surface area contributed by atoms with Crippen molar-refractivity contribution in [3.8, 4) is 17.0 Å². The lowest BCUT2D eigenvalue weighted by molar-refractivity contribution is -0.115. The molecule has 0 aliphatic carbocycles. The summed E-state index contributed by atoms with van der Waals surface area (Å²) < 4.78 is 6.07. The second-order valence-corrected chi connectivity index (χ2v) is 8.38. The van der Waals surface area contributed by atoms with Crippen molar-refractivity contribution in [2.45, 2.75) is 13.8 Å². The standard InChI is InChI=1S/C22H18N2O2S2/c1-12-4-6-15-9-13(2)20(23-17(15)8-12)16-10-14(5-7-18(16)26-3)11-19-21(25)24-22(27)28-19/h4-11H,1-3H3,(H,24,25,27). The van der Waals surface area contributed by atoms with E-state index in [0.29, 0.717) is 9.23 Å². The van der Waals surface area contributed by atoms with Gasteiger partial charge in [0.15, 0.2) is 0 Å². The highest BCUT2D eigenvalue weighted by atomic mass is 32.2. The van der Waals surface area contributed by atoms with Gasteiger partial charge in [-0.25, -0.2) is 4.98 Å². The van der Waals surface area contributed by atoms with Crippen LogP contribution in [0, 0.1) is 13.8 Å². The number of aromatic nitrogens is 1. The van der Waals surface area contributed by atoms with Crippen LogP contribution in [0.25, 0.3) is 28.2 Å². The van der Waals surface area contributed by atoms with Crippen LogP contribution in [-0.2, 0) is 4.79 Å². The maximum absolute atomic E-state index is 12.0. The number of hydrogen-bond acceptors (Lipinski definition) is 5. The normalized spacial score (nSPS) is 15.3. The number of ether oxygens (including phenoxy) is 1. The zero-order chi connectivity index (χ0) is 19.8. The molecule has 4 nitrogen and oxygen atoms in total. The van der Waals surface area contributed by atoms with Crippen molar-refractivity contribution < 1.29 is 9.53 Å². The number of nitrogens with zero attached hydrogens (tertiary/aromatic N) is 1. The van der Waals surface area contributed by atoms with E-state index < -0.39 is 0 Å². The Bertz CT molecular complexity index is 1170. The summed E-state index contributed by atoms with van der Waals surface area (Å²) in [6, 6.07) is 14.2. The zero-order valence-corrected chi connectivity index (χ0v) is 17.3. The number of carbonyl (C=O) groups is 1. The van der Waals surface area contributed by atoms with Crippen molar-refractivity contribution in [1.29, 1.82) is 0 Å². The molecule has 0 radical (unpaired) electrons. The molecule has 0 unspecified atom stereocenters. The van der Waals surface area contributed by atoms with Gasteiger partial charge >= 0.3 is 0 Å². The van der Waals surface area contributed by atoms with Crippen LogP contribution in [0.15, 0.2) is 47.4 Å². The first-order valence-corrected chi connectivity index (χ1v) is 9.98. The molecule has 3 aromatic rings. The Morgan fingerprint density at radius 1 is 1.14 bits per heavy atom. The van der Waals surface area contributed by atoms with Gasteiger partial charge in [-0.05, 0) is 60.9 Å². The molecule has 140 valence electrons.